The monoisotopic (exact) mass is 294 g/mol. The van der Waals surface area contributed by atoms with Gasteiger partial charge in [0.1, 0.15) is 0 Å². The van der Waals surface area contributed by atoms with Crippen LogP contribution in [-0.4, -0.2) is 21.7 Å². The molecule has 0 amide bonds. The Hall–Kier alpha value is -0.741. The molecule has 1 rings (SSSR count). The quantitative estimate of drug-likeness (QED) is 0.834. The van der Waals surface area contributed by atoms with Gasteiger partial charge in [-0.1, -0.05) is 44.2 Å². The molecule has 4 nitrogen and oxygen atoms in total. The summed E-state index contributed by atoms with van der Waals surface area (Å²) in [6, 6.07) is 10.8. The van der Waals surface area contributed by atoms with E-state index in [0.717, 1.165) is 5.92 Å². The summed E-state index contributed by atoms with van der Waals surface area (Å²) in [4.78, 5) is 0. The van der Waals surface area contributed by atoms with Gasteiger partial charge in [0.15, 0.2) is 0 Å². The van der Waals surface area contributed by atoms with Crippen LogP contribution >= 0.6 is 0 Å². The molecule has 1 aromatic rings. The van der Waals surface area contributed by atoms with E-state index in [0.29, 0.717) is 0 Å². The molecule has 0 bridgehead atoms. The van der Waals surface area contributed by atoms with Crippen molar-refractivity contribution in [3.8, 4) is 0 Å². The van der Waals surface area contributed by atoms with Crippen LogP contribution in [0.4, 0.5) is 0 Å². The predicted octanol–water partition coefficient (Wildman–Crippen LogP) is 1.86. The summed E-state index contributed by atoms with van der Waals surface area (Å²) in [5, 5.41) is 0. The van der Waals surface area contributed by atoms with Crippen molar-refractivity contribution in [3.05, 3.63) is 35.9 Å². The summed E-state index contributed by atoms with van der Waals surface area (Å²) >= 11 is -5.25. The maximum atomic E-state index is 8.82. The molecule has 92 valence electrons. The second kappa shape index (κ2) is 7.52. The molecule has 5 heteroatoms. The van der Waals surface area contributed by atoms with Gasteiger partial charge >= 0.3 is 29.4 Å². The Morgan fingerprint density at radius 2 is 1.44 bits per heavy atom. The van der Waals surface area contributed by atoms with Crippen LogP contribution in [0.2, 0.25) is 0 Å². The van der Waals surface area contributed by atoms with E-state index < -0.39 is 13.4 Å². The molecule has 0 fully saturated rings. The molecule has 0 saturated carbocycles. The molecule has 0 aromatic heterocycles. The zero-order valence-electron chi connectivity index (χ0n) is 9.50. The van der Waals surface area contributed by atoms with Gasteiger partial charge in [0, 0.05) is 0 Å². The van der Waals surface area contributed by atoms with Crippen molar-refractivity contribution in [1.82, 2.24) is 0 Å². The summed E-state index contributed by atoms with van der Waals surface area (Å²) < 4.78 is 31.9. The molecule has 1 aromatic carbocycles. The Balaban J connectivity index is 0.000000385. The fourth-order valence-corrected chi connectivity index (χ4v) is 1.49. The Morgan fingerprint density at radius 3 is 1.75 bits per heavy atom. The summed E-state index contributed by atoms with van der Waals surface area (Å²) in [5.41, 5.74) is 1.48. The first-order chi connectivity index (χ1) is 7.38. The minimum absolute atomic E-state index is 0.760. The van der Waals surface area contributed by atoms with Gasteiger partial charge in [-0.05, 0) is 24.3 Å². The van der Waals surface area contributed by atoms with E-state index in [2.05, 4.69) is 44.2 Å². The third kappa shape index (κ3) is 8.56. The molecule has 0 aliphatic heterocycles. The normalized spacial score (nSPS) is 10.8. The van der Waals surface area contributed by atoms with Gasteiger partial charge in [0.2, 0.25) is 0 Å². The molecule has 0 aliphatic carbocycles. The van der Waals surface area contributed by atoms with E-state index in [1.807, 2.05) is 0 Å². The van der Waals surface area contributed by atoms with Crippen molar-refractivity contribution in [2.24, 2.45) is 0 Å². The van der Waals surface area contributed by atoms with Crippen molar-refractivity contribution in [3.63, 3.8) is 0 Å². The van der Waals surface area contributed by atoms with E-state index in [9.17, 15) is 0 Å². The standard InChI is InChI=1S/C11H16.H2O4Se/c1-3-10(4-2)11-8-6-5-7-9-11;1-5(2,3)4/h5-10H,3-4H2,1-2H3;(H2,1,2,3,4). The average molecular weight is 293 g/mol. The van der Waals surface area contributed by atoms with Gasteiger partial charge in [-0.15, -0.1) is 0 Å². The summed E-state index contributed by atoms with van der Waals surface area (Å²) in [6.45, 7) is 4.50. The Morgan fingerprint density at radius 1 is 1.06 bits per heavy atom. The molecule has 16 heavy (non-hydrogen) atoms. The van der Waals surface area contributed by atoms with Crippen LogP contribution in [0.1, 0.15) is 38.2 Å². The van der Waals surface area contributed by atoms with E-state index in [4.69, 9.17) is 16.0 Å². The van der Waals surface area contributed by atoms with Crippen molar-refractivity contribution < 1.29 is 16.0 Å². The van der Waals surface area contributed by atoms with E-state index >= 15 is 0 Å². The average Bonchev–Trinajstić information content (AvgIpc) is 2.19. The number of hydrogen-bond donors (Lipinski definition) is 2. The summed E-state index contributed by atoms with van der Waals surface area (Å²) in [5.74, 6) is 0.760. The molecule has 0 spiro atoms. The van der Waals surface area contributed by atoms with Crippen molar-refractivity contribution in [1.29, 1.82) is 0 Å². The molecule has 2 N–H and O–H groups in total. The minimum atomic E-state index is -5.25. The maximum absolute atomic E-state index is 8.82. The van der Waals surface area contributed by atoms with Crippen molar-refractivity contribution in [2.45, 2.75) is 32.6 Å². The van der Waals surface area contributed by atoms with Crippen LogP contribution < -0.4 is 0 Å². The van der Waals surface area contributed by atoms with Crippen LogP contribution in [0, 0.1) is 0 Å². The predicted molar refractivity (Wildman–Crippen MR) is 61.3 cm³/mol. The van der Waals surface area contributed by atoms with Crippen LogP contribution in [0.3, 0.4) is 0 Å². The van der Waals surface area contributed by atoms with Gasteiger partial charge in [0.25, 0.3) is 0 Å². The zero-order chi connectivity index (χ0) is 12.6. The number of hydrogen-bond acceptors (Lipinski definition) is 2. The third-order valence-corrected chi connectivity index (χ3v) is 2.26. The molecule has 0 aliphatic rings. The summed E-state index contributed by atoms with van der Waals surface area (Å²) in [6.07, 6.45) is 2.50. The van der Waals surface area contributed by atoms with E-state index in [1.54, 1.807) is 0 Å². The molecule has 0 heterocycles. The number of rotatable bonds is 3. The van der Waals surface area contributed by atoms with Crippen LogP contribution in [0.25, 0.3) is 0 Å². The molecular weight excluding hydrogens is 275 g/mol. The first-order valence-corrected chi connectivity index (χ1v) is 8.06. The van der Waals surface area contributed by atoms with Gasteiger partial charge in [-0.25, -0.2) is 0 Å². The van der Waals surface area contributed by atoms with Crippen LogP contribution in [-0.2, 0) is 7.67 Å². The fourth-order valence-electron chi connectivity index (χ4n) is 1.49. The van der Waals surface area contributed by atoms with Crippen molar-refractivity contribution >= 4 is 13.4 Å². The van der Waals surface area contributed by atoms with Gasteiger partial charge < -0.3 is 0 Å². The van der Waals surface area contributed by atoms with Gasteiger partial charge in [-0.2, -0.15) is 0 Å². The SMILES string of the molecule is CCC(CC)c1ccccc1.O=[Se](=O)(O)O. The Labute approximate surface area is 98.2 Å². The topological polar surface area (TPSA) is 74.6 Å². The molecule has 0 atom stereocenters. The van der Waals surface area contributed by atoms with Gasteiger partial charge in [0.05, 0.1) is 0 Å². The van der Waals surface area contributed by atoms with E-state index in [-0.39, 0.29) is 0 Å². The zero-order valence-corrected chi connectivity index (χ0v) is 11.2. The molecule has 0 radical (unpaired) electrons. The van der Waals surface area contributed by atoms with Crippen molar-refractivity contribution in [2.75, 3.05) is 0 Å². The van der Waals surface area contributed by atoms with Crippen LogP contribution in [0.15, 0.2) is 30.3 Å². The second-order valence-corrected chi connectivity index (χ2v) is 5.25. The molecule has 0 unspecified atom stereocenters. The summed E-state index contributed by atoms with van der Waals surface area (Å²) in [7, 11) is 0. The first-order valence-electron chi connectivity index (χ1n) is 5.13. The Kier molecular flexibility index (Phi) is 7.17. The molecule has 0 saturated heterocycles. The Bertz CT molecular complexity index is 360. The van der Waals surface area contributed by atoms with E-state index in [1.165, 1.54) is 18.4 Å². The van der Waals surface area contributed by atoms with Gasteiger partial charge in [-0.3, -0.25) is 0 Å². The fraction of sp³-hybridized carbons (Fsp3) is 0.455. The molecular formula is C11H18O4Se. The third-order valence-electron chi connectivity index (χ3n) is 2.26. The first kappa shape index (κ1) is 15.3. The number of benzene rings is 1. The van der Waals surface area contributed by atoms with Crippen LogP contribution in [0.5, 0.6) is 0 Å². The second-order valence-electron chi connectivity index (χ2n) is 3.37.